The van der Waals surface area contributed by atoms with Gasteiger partial charge in [0.2, 0.25) is 5.91 Å². The van der Waals surface area contributed by atoms with Crippen LogP contribution in [0.1, 0.15) is 24.3 Å². The van der Waals surface area contributed by atoms with Crippen molar-refractivity contribution in [2.75, 3.05) is 18.1 Å². The first-order chi connectivity index (χ1) is 16.3. The Hall–Kier alpha value is -4.28. The molecule has 0 bridgehead atoms. The molecule has 0 saturated carbocycles. The lowest BCUT2D eigenvalue weighted by Gasteiger charge is -2.16. The monoisotopic (exact) mass is 467 g/mol. The van der Waals surface area contributed by atoms with Gasteiger partial charge in [0.15, 0.2) is 5.69 Å². The molecule has 3 aromatic rings. The van der Waals surface area contributed by atoms with Gasteiger partial charge in [-0.2, -0.15) is 0 Å². The average Bonchev–Trinajstić information content (AvgIpc) is 3.46. The number of halogens is 1. The SMILES string of the molecule is CCOC(=O)c1cn(-c2ccc(-c3ccc(N4CC(C(C)C(N)=O)OC4=O)cc3F)cn2)cn1. The van der Waals surface area contributed by atoms with Crippen LogP contribution in [-0.4, -0.2) is 51.8 Å². The number of amides is 2. The zero-order valence-electron chi connectivity index (χ0n) is 18.5. The Balaban J connectivity index is 1.51. The molecule has 2 N–H and O–H groups in total. The number of benzene rings is 1. The molecule has 0 aliphatic carbocycles. The third-order valence-corrected chi connectivity index (χ3v) is 5.50. The number of hydrogen-bond acceptors (Lipinski definition) is 7. The van der Waals surface area contributed by atoms with Crippen molar-refractivity contribution in [2.45, 2.75) is 20.0 Å². The van der Waals surface area contributed by atoms with Crippen molar-refractivity contribution >= 4 is 23.7 Å². The number of imidazole rings is 1. The molecule has 1 saturated heterocycles. The van der Waals surface area contributed by atoms with Gasteiger partial charge in [-0.05, 0) is 44.2 Å². The summed E-state index contributed by atoms with van der Waals surface area (Å²) >= 11 is 0. The third-order valence-electron chi connectivity index (χ3n) is 5.50. The number of rotatable bonds is 7. The van der Waals surface area contributed by atoms with Crippen LogP contribution in [0.3, 0.4) is 0 Å². The summed E-state index contributed by atoms with van der Waals surface area (Å²) in [5.41, 5.74) is 6.55. The van der Waals surface area contributed by atoms with E-state index < -0.39 is 35.8 Å². The second kappa shape index (κ2) is 9.30. The third kappa shape index (κ3) is 4.45. The number of ether oxygens (including phenoxy) is 2. The second-order valence-corrected chi connectivity index (χ2v) is 7.68. The van der Waals surface area contributed by atoms with E-state index in [2.05, 4.69) is 9.97 Å². The maximum atomic E-state index is 14.9. The van der Waals surface area contributed by atoms with E-state index in [9.17, 15) is 18.8 Å². The molecule has 0 spiro atoms. The van der Waals surface area contributed by atoms with Crippen molar-refractivity contribution in [1.82, 2.24) is 14.5 Å². The molecule has 0 radical (unpaired) electrons. The Kier molecular flexibility index (Phi) is 6.26. The lowest BCUT2D eigenvalue weighted by Crippen LogP contribution is -2.34. The minimum Gasteiger partial charge on any atom is -0.461 e. The number of anilines is 1. The molecule has 1 aliphatic rings. The highest BCUT2D eigenvalue weighted by Crippen LogP contribution is 2.30. The second-order valence-electron chi connectivity index (χ2n) is 7.68. The zero-order chi connectivity index (χ0) is 24.4. The molecule has 1 aliphatic heterocycles. The van der Waals surface area contributed by atoms with Gasteiger partial charge in [-0.1, -0.05) is 0 Å². The molecule has 2 amide bonds. The van der Waals surface area contributed by atoms with Gasteiger partial charge in [0, 0.05) is 23.5 Å². The Bertz CT molecular complexity index is 1240. The standard InChI is InChI=1S/C23H22FN5O5/c1-3-33-22(31)18-10-28(12-27-18)20-7-4-14(9-26-20)16-6-5-15(8-17(16)24)29-11-19(34-23(29)32)13(2)21(25)30/h4-10,12-13,19H,3,11H2,1-2H3,(H2,25,30). The number of hydrogen-bond donors (Lipinski definition) is 1. The predicted octanol–water partition coefficient (Wildman–Crippen LogP) is 2.70. The van der Waals surface area contributed by atoms with E-state index in [1.54, 1.807) is 36.6 Å². The Morgan fingerprint density at radius 1 is 1.29 bits per heavy atom. The first-order valence-electron chi connectivity index (χ1n) is 10.5. The molecule has 2 atom stereocenters. The van der Waals surface area contributed by atoms with E-state index in [1.165, 1.54) is 35.8 Å². The highest BCUT2D eigenvalue weighted by molar-refractivity contribution is 5.91. The van der Waals surface area contributed by atoms with Crippen LogP contribution in [0, 0.1) is 11.7 Å². The molecule has 10 nitrogen and oxygen atoms in total. The molecule has 34 heavy (non-hydrogen) atoms. The van der Waals surface area contributed by atoms with Gasteiger partial charge < -0.3 is 15.2 Å². The van der Waals surface area contributed by atoms with Gasteiger partial charge in [-0.15, -0.1) is 0 Å². The van der Waals surface area contributed by atoms with Crippen LogP contribution in [0.2, 0.25) is 0 Å². The van der Waals surface area contributed by atoms with Crippen LogP contribution >= 0.6 is 0 Å². The topological polar surface area (TPSA) is 130 Å². The van der Waals surface area contributed by atoms with E-state index in [-0.39, 0.29) is 24.4 Å². The van der Waals surface area contributed by atoms with E-state index >= 15 is 0 Å². The minimum absolute atomic E-state index is 0.0939. The Morgan fingerprint density at radius 3 is 2.74 bits per heavy atom. The number of cyclic esters (lactones) is 1. The van der Waals surface area contributed by atoms with Crippen LogP contribution in [0.25, 0.3) is 16.9 Å². The summed E-state index contributed by atoms with van der Waals surface area (Å²) in [6.07, 6.45) is 3.06. The van der Waals surface area contributed by atoms with Crippen molar-refractivity contribution in [3.05, 3.63) is 60.6 Å². The van der Waals surface area contributed by atoms with Gasteiger partial charge in [-0.3, -0.25) is 14.3 Å². The summed E-state index contributed by atoms with van der Waals surface area (Å²) in [7, 11) is 0. The number of aromatic nitrogens is 3. The van der Waals surface area contributed by atoms with Crippen molar-refractivity contribution in [3.63, 3.8) is 0 Å². The van der Waals surface area contributed by atoms with Gasteiger partial charge in [0.1, 0.15) is 24.1 Å². The van der Waals surface area contributed by atoms with Crippen LogP contribution in [-0.2, 0) is 14.3 Å². The summed E-state index contributed by atoms with van der Waals surface area (Å²) in [5, 5.41) is 0. The average molecular weight is 467 g/mol. The number of carbonyl (C=O) groups excluding carboxylic acids is 3. The lowest BCUT2D eigenvalue weighted by atomic mass is 10.0. The van der Waals surface area contributed by atoms with Gasteiger partial charge in [0.25, 0.3) is 0 Å². The molecule has 2 unspecified atom stereocenters. The quantitative estimate of drug-likeness (QED) is 0.529. The summed E-state index contributed by atoms with van der Waals surface area (Å²) in [6.45, 7) is 3.62. The summed E-state index contributed by atoms with van der Waals surface area (Å²) < 4.78 is 26.6. The number of pyridine rings is 1. The van der Waals surface area contributed by atoms with Crippen molar-refractivity contribution in [3.8, 4) is 16.9 Å². The molecule has 11 heteroatoms. The number of nitrogens with two attached hydrogens (primary N) is 1. The van der Waals surface area contributed by atoms with E-state index in [4.69, 9.17) is 15.2 Å². The minimum atomic E-state index is -0.697. The van der Waals surface area contributed by atoms with Crippen molar-refractivity contribution in [2.24, 2.45) is 11.7 Å². The molecular formula is C23H22FN5O5. The summed E-state index contributed by atoms with van der Waals surface area (Å²) in [4.78, 5) is 45.0. The maximum Gasteiger partial charge on any atom is 0.414 e. The fourth-order valence-corrected chi connectivity index (χ4v) is 3.50. The maximum absolute atomic E-state index is 14.9. The van der Waals surface area contributed by atoms with Gasteiger partial charge in [0.05, 0.1) is 24.8 Å². The van der Waals surface area contributed by atoms with Gasteiger partial charge in [-0.25, -0.2) is 23.9 Å². The van der Waals surface area contributed by atoms with E-state index in [0.29, 0.717) is 17.1 Å². The Morgan fingerprint density at radius 2 is 2.09 bits per heavy atom. The fraction of sp³-hybridized carbons (Fsp3) is 0.261. The molecular weight excluding hydrogens is 445 g/mol. The number of primary amides is 1. The van der Waals surface area contributed by atoms with Crippen LogP contribution < -0.4 is 10.6 Å². The van der Waals surface area contributed by atoms with Crippen LogP contribution in [0.5, 0.6) is 0 Å². The highest BCUT2D eigenvalue weighted by atomic mass is 19.1. The fourth-order valence-electron chi connectivity index (χ4n) is 3.50. The van der Waals surface area contributed by atoms with Crippen molar-refractivity contribution in [1.29, 1.82) is 0 Å². The van der Waals surface area contributed by atoms with E-state index in [0.717, 1.165) is 0 Å². The molecule has 1 aromatic carbocycles. The smallest absolute Gasteiger partial charge is 0.414 e. The molecule has 1 fully saturated rings. The highest BCUT2D eigenvalue weighted by Gasteiger charge is 2.37. The molecule has 4 rings (SSSR count). The molecule has 3 heterocycles. The van der Waals surface area contributed by atoms with E-state index in [1.807, 2.05) is 0 Å². The van der Waals surface area contributed by atoms with Crippen LogP contribution in [0.15, 0.2) is 49.1 Å². The molecule has 2 aromatic heterocycles. The zero-order valence-corrected chi connectivity index (χ0v) is 18.5. The Labute approximate surface area is 194 Å². The number of esters is 1. The van der Waals surface area contributed by atoms with Crippen LogP contribution in [0.4, 0.5) is 14.9 Å². The summed E-state index contributed by atoms with van der Waals surface area (Å²) in [5.74, 6) is -1.84. The summed E-state index contributed by atoms with van der Waals surface area (Å²) in [6, 6.07) is 7.69. The number of carbonyl (C=O) groups is 3. The normalized spacial score (nSPS) is 16.3. The van der Waals surface area contributed by atoms with Gasteiger partial charge >= 0.3 is 12.1 Å². The number of nitrogens with zero attached hydrogens (tertiary/aromatic N) is 4. The first kappa shape index (κ1) is 22.9. The molecule has 176 valence electrons. The predicted molar refractivity (Wildman–Crippen MR) is 119 cm³/mol. The largest absolute Gasteiger partial charge is 0.461 e. The van der Waals surface area contributed by atoms with Crippen molar-refractivity contribution < 1.29 is 28.2 Å². The first-order valence-corrected chi connectivity index (χ1v) is 10.5. The lowest BCUT2D eigenvalue weighted by molar-refractivity contribution is -0.123.